The van der Waals surface area contributed by atoms with E-state index in [1.807, 2.05) is 22.8 Å². The zero-order valence-corrected chi connectivity index (χ0v) is 11.1. The Morgan fingerprint density at radius 2 is 2.33 bits per heavy atom. The Morgan fingerprint density at radius 3 is 3.00 bits per heavy atom. The van der Waals surface area contributed by atoms with E-state index in [9.17, 15) is 4.79 Å². The standard InChI is InChI=1S/C12H15N3O2S/c1-13-11(16)5-6-15-10-4-3-8(17-2)7-9(10)14-12(15)18/h3-4,7H,5-6H2,1-2H3,(H,13,16)(H,14,18). The van der Waals surface area contributed by atoms with Crippen LogP contribution in [0.5, 0.6) is 5.75 Å². The lowest BCUT2D eigenvalue weighted by molar-refractivity contribution is -0.120. The molecule has 0 aliphatic carbocycles. The lowest BCUT2D eigenvalue weighted by Gasteiger charge is -2.04. The van der Waals surface area contributed by atoms with Gasteiger partial charge in [0.05, 0.1) is 18.1 Å². The maximum Gasteiger partial charge on any atom is 0.221 e. The quantitative estimate of drug-likeness (QED) is 0.829. The first-order valence-corrected chi connectivity index (χ1v) is 6.03. The maximum atomic E-state index is 11.3. The van der Waals surface area contributed by atoms with E-state index in [1.54, 1.807) is 14.2 Å². The molecule has 0 atom stereocenters. The first kappa shape index (κ1) is 12.6. The number of H-pyrrole nitrogens is 1. The van der Waals surface area contributed by atoms with Crippen LogP contribution in [-0.2, 0) is 11.3 Å². The number of benzene rings is 1. The Morgan fingerprint density at radius 1 is 1.56 bits per heavy atom. The average Bonchev–Trinajstić information content (AvgIpc) is 2.70. The van der Waals surface area contributed by atoms with Crippen LogP contribution in [0.2, 0.25) is 0 Å². The molecule has 18 heavy (non-hydrogen) atoms. The fourth-order valence-electron chi connectivity index (χ4n) is 1.83. The van der Waals surface area contributed by atoms with Crippen molar-refractivity contribution in [3.63, 3.8) is 0 Å². The fourth-order valence-corrected chi connectivity index (χ4v) is 2.13. The van der Waals surface area contributed by atoms with E-state index in [0.29, 0.717) is 17.7 Å². The van der Waals surface area contributed by atoms with Gasteiger partial charge in [0, 0.05) is 26.1 Å². The molecule has 2 aromatic rings. The second kappa shape index (κ2) is 5.22. The number of carbonyl (C=O) groups excluding carboxylic acids is 1. The molecule has 2 N–H and O–H groups in total. The van der Waals surface area contributed by atoms with Crippen LogP contribution in [0.4, 0.5) is 0 Å². The van der Waals surface area contributed by atoms with Gasteiger partial charge < -0.3 is 19.6 Å². The van der Waals surface area contributed by atoms with Crippen molar-refractivity contribution < 1.29 is 9.53 Å². The molecule has 2 rings (SSSR count). The van der Waals surface area contributed by atoms with Crippen LogP contribution in [0, 0.1) is 4.77 Å². The fraction of sp³-hybridized carbons (Fsp3) is 0.333. The summed E-state index contributed by atoms with van der Waals surface area (Å²) in [6.45, 7) is 0.560. The predicted octanol–water partition coefficient (Wildman–Crippen LogP) is 1.84. The number of imidazole rings is 1. The van der Waals surface area contributed by atoms with Crippen LogP contribution in [0.1, 0.15) is 6.42 Å². The highest BCUT2D eigenvalue weighted by molar-refractivity contribution is 7.71. The highest BCUT2D eigenvalue weighted by Gasteiger charge is 2.07. The number of carbonyl (C=O) groups is 1. The van der Waals surface area contributed by atoms with Crippen molar-refractivity contribution in [1.82, 2.24) is 14.9 Å². The molecule has 0 fully saturated rings. The molecular weight excluding hydrogens is 250 g/mol. The number of aryl methyl sites for hydroxylation is 1. The van der Waals surface area contributed by atoms with Gasteiger partial charge in [-0.05, 0) is 24.4 Å². The molecule has 0 aliphatic heterocycles. The number of hydrogen-bond acceptors (Lipinski definition) is 3. The number of aromatic nitrogens is 2. The Bertz CT molecular complexity index is 630. The van der Waals surface area contributed by atoms with Gasteiger partial charge in [0.15, 0.2) is 4.77 Å². The summed E-state index contributed by atoms with van der Waals surface area (Å²) in [6.07, 6.45) is 0.407. The molecule has 0 aliphatic rings. The van der Waals surface area contributed by atoms with E-state index in [-0.39, 0.29) is 5.91 Å². The molecule has 96 valence electrons. The molecule has 1 heterocycles. The third kappa shape index (κ3) is 2.38. The molecule has 0 radical (unpaired) electrons. The Balaban J connectivity index is 2.35. The predicted molar refractivity (Wildman–Crippen MR) is 72.4 cm³/mol. The summed E-state index contributed by atoms with van der Waals surface area (Å²) in [5, 5.41) is 2.60. The highest BCUT2D eigenvalue weighted by Crippen LogP contribution is 2.20. The van der Waals surface area contributed by atoms with Crippen LogP contribution in [-0.4, -0.2) is 29.6 Å². The van der Waals surface area contributed by atoms with Gasteiger partial charge in [0.2, 0.25) is 5.91 Å². The zero-order valence-electron chi connectivity index (χ0n) is 10.3. The number of hydrogen-bond donors (Lipinski definition) is 2. The topological polar surface area (TPSA) is 59.0 Å². The van der Waals surface area contributed by atoms with Gasteiger partial charge in [-0.3, -0.25) is 4.79 Å². The van der Waals surface area contributed by atoms with Crippen molar-refractivity contribution in [2.24, 2.45) is 0 Å². The first-order valence-electron chi connectivity index (χ1n) is 5.63. The normalized spacial score (nSPS) is 10.6. The molecule has 5 nitrogen and oxygen atoms in total. The van der Waals surface area contributed by atoms with E-state index >= 15 is 0 Å². The van der Waals surface area contributed by atoms with Gasteiger partial charge in [-0.2, -0.15) is 0 Å². The Kier molecular flexibility index (Phi) is 3.66. The van der Waals surface area contributed by atoms with E-state index in [1.165, 1.54) is 0 Å². The number of methoxy groups -OCH3 is 1. The lowest BCUT2D eigenvalue weighted by atomic mass is 10.3. The first-order chi connectivity index (χ1) is 8.65. The third-order valence-electron chi connectivity index (χ3n) is 2.82. The van der Waals surface area contributed by atoms with Crippen molar-refractivity contribution in [1.29, 1.82) is 0 Å². The van der Waals surface area contributed by atoms with Crippen molar-refractivity contribution >= 4 is 29.2 Å². The monoisotopic (exact) mass is 265 g/mol. The minimum absolute atomic E-state index is 0.000221. The van der Waals surface area contributed by atoms with Gasteiger partial charge in [-0.1, -0.05) is 0 Å². The number of aromatic amines is 1. The Labute approximate surface area is 110 Å². The molecular formula is C12H15N3O2S. The summed E-state index contributed by atoms with van der Waals surface area (Å²) in [5.41, 5.74) is 1.89. The van der Waals surface area contributed by atoms with Crippen molar-refractivity contribution in [3.8, 4) is 5.75 Å². The van der Waals surface area contributed by atoms with Crippen molar-refractivity contribution in [2.75, 3.05) is 14.2 Å². The number of rotatable bonds is 4. The number of ether oxygens (including phenoxy) is 1. The van der Waals surface area contributed by atoms with Crippen LogP contribution in [0.25, 0.3) is 11.0 Å². The molecule has 6 heteroatoms. The third-order valence-corrected chi connectivity index (χ3v) is 3.15. The molecule has 1 amide bonds. The molecule has 0 saturated carbocycles. The zero-order chi connectivity index (χ0) is 13.1. The second-order valence-electron chi connectivity index (χ2n) is 3.89. The lowest BCUT2D eigenvalue weighted by Crippen LogP contribution is -2.19. The van der Waals surface area contributed by atoms with E-state index in [2.05, 4.69) is 10.3 Å². The number of nitrogens with zero attached hydrogens (tertiary/aromatic N) is 1. The van der Waals surface area contributed by atoms with E-state index in [0.717, 1.165) is 16.8 Å². The number of amides is 1. The SMILES string of the molecule is CNC(=O)CCn1c(=S)[nH]c2cc(OC)ccc21. The molecule has 0 unspecified atom stereocenters. The van der Waals surface area contributed by atoms with E-state index in [4.69, 9.17) is 17.0 Å². The molecule has 1 aromatic carbocycles. The van der Waals surface area contributed by atoms with Gasteiger partial charge in [-0.15, -0.1) is 0 Å². The second-order valence-corrected chi connectivity index (χ2v) is 4.27. The van der Waals surface area contributed by atoms with Crippen molar-refractivity contribution in [2.45, 2.75) is 13.0 Å². The van der Waals surface area contributed by atoms with Crippen LogP contribution in [0.3, 0.4) is 0 Å². The minimum Gasteiger partial charge on any atom is -0.497 e. The van der Waals surface area contributed by atoms with Crippen LogP contribution >= 0.6 is 12.2 Å². The largest absolute Gasteiger partial charge is 0.497 e. The summed E-state index contributed by atoms with van der Waals surface area (Å²) < 4.78 is 7.69. The minimum atomic E-state index is -0.000221. The van der Waals surface area contributed by atoms with E-state index < -0.39 is 0 Å². The molecule has 0 spiro atoms. The molecule has 1 aromatic heterocycles. The van der Waals surface area contributed by atoms with Gasteiger partial charge in [0.1, 0.15) is 5.75 Å². The van der Waals surface area contributed by atoms with Crippen LogP contribution in [0.15, 0.2) is 18.2 Å². The molecule has 0 bridgehead atoms. The average molecular weight is 265 g/mol. The summed E-state index contributed by atoms with van der Waals surface area (Å²) in [5.74, 6) is 0.775. The summed E-state index contributed by atoms with van der Waals surface area (Å²) >= 11 is 5.26. The van der Waals surface area contributed by atoms with Crippen molar-refractivity contribution in [3.05, 3.63) is 23.0 Å². The highest BCUT2D eigenvalue weighted by atomic mass is 32.1. The van der Waals surface area contributed by atoms with Gasteiger partial charge in [0.25, 0.3) is 0 Å². The van der Waals surface area contributed by atoms with Gasteiger partial charge in [-0.25, -0.2) is 0 Å². The summed E-state index contributed by atoms with van der Waals surface area (Å²) in [4.78, 5) is 14.4. The number of nitrogens with one attached hydrogen (secondary N) is 2. The number of fused-ring (bicyclic) bond motifs is 1. The summed E-state index contributed by atoms with van der Waals surface area (Å²) in [7, 11) is 3.25. The summed E-state index contributed by atoms with van der Waals surface area (Å²) in [6, 6.07) is 5.70. The smallest absolute Gasteiger partial charge is 0.221 e. The Hall–Kier alpha value is -1.82. The maximum absolute atomic E-state index is 11.3. The van der Waals surface area contributed by atoms with Gasteiger partial charge >= 0.3 is 0 Å². The van der Waals surface area contributed by atoms with Crippen LogP contribution < -0.4 is 10.1 Å². The molecule has 0 saturated heterocycles.